The molecule has 0 saturated heterocycles. The normalized spacial score (nSPS) is 10.7. The zero-order valence-corrected chi connectivity index (χ0v) is 18.7. The molecule has 3 aromatic rings. The summed E-state index contributed by atoms with van der Waals surface area (Å²) in [4.78, 5) is 12.4. The van der Waals surface area contributed by atoms with Crippen molar-refractivity contribution in [1.29, 1.82) is 0 Å². The number of allylic oxidation sites excluding steroid dienone is 1. The van der Waals surface area contributed by atoms with Crippen molar-refractivity contribution in [2.45, 2.75) is 25.5 Å². The highest BCUT2D eigenvalue weighted by molar-refractivity contribution is 7.99. The summed E-state index contributed by atoms with van der Waals surface area (Å²) < 4.78 is 7.33. The molecule has 0 spiro atoms. The van der Waals surface area contributed by atoms with Crippen LogP contribution in [-0.2, 0) is 11.3 Å². The van der Waals surface area contributed by atoms with Crippen molar-refractivity contribution in [2.24, 2.45) is 0 Å². The number of carbonyl (C=O) groups is 1. The van der Waals surface area contributed by atoms with E-state index in [1.165, 1.54) is 17.3 Å². The summed E-state index contributed by atoms with van der Waals surface area (Å²) in [5, 5.41) is 12.7. The first-order valence-electron chi connectivity index (χ1n) is 9.31. The molecule has 0 fully saturated rings. The topological polar surface area (TPSA) is 69.0 Å². The summed E-state index contributed by atoms with van der Waals surface area (Å²) in [7, 11) is 1.59. The molecule has 156 valence electrons. The van der Waals surface area contributed by atoms with E-state index in [0.717, 1.165) is 16.8 Å². The van der Waals surface area contributed by atoms with Crippen LogP contribution in [0.25, 0.3) is 11.4 Å². The predicted molar refractivity (Wildman–Crippen MR) is 122 cm³/mol. The quantitative estimate of drug-likeness (QED) is 0.386. The van der Waals surface area contributed by atoms with Crippen LogP contribution in [0.15, 0.2) is 54.2 Å². The molecule has 1 aromatic heterocycles. The zero-order valence-electron chi connectivity index (χ0n) is 17.1. The van der Waals surface area contributed by atoms with Crippen LogP contribution in [0.4, 0.5) is 5.69 Å². The van der Waals surface area contributed by atoms with Gasteiger partial charge in [0.15, 0.2) is 11.0 Å². The van der Waals surface area contributed by atoms with Crippen LogP contribution in [0.3, 0.4) is 0 Å². The molecule has 2 aromatic carbocycles. The van der Waals surface area contributed by atoms with Crippen LogP contribution in [0.5, 0.6) is 5.75 Å². The van der Waals surface area contributed by atoms with E-state index >= 15 is 0 Å². The number of methoxy groups -OCH3 is 1. The number of aromatic nitrogens is 3. The van der Waals surface area contributed by atoms with E-state index in [9.17, 15) is 4.79 Å². The van der Waals surface area contributed by atoms with E-state index in [4.69, 9.17) is 16.3 Å². The molecule has 30 heavy (non-hydrogen) atoms. The Morgan fingerprint density at radius 1 is 1.23 bits per heavy atom. The first-order chi connectivity index (χ1) is 14.4. The van der Waals surface area contributed by atoms with Gasteiger partial charge < -0.3 is 10.1 Å². The summed E-state index contributed by atoms with van der Waals surface area (Å²) in [6, 6.07) is 11.2. The van der Waals surface area contributed by atoms with Gasteiger partial charge in [-0.05, 0) is 55.3 Å². The van der Waals surface area contributed by atoms with Crippen LogP contribution in [-0.4, -0.2) is 33.5 Å². The summed E-state index contributed by atoms with van der Waals surface area (Å²) in [5.74, 6) is 1.33. The highest BCUT2D eigenvalue weighted by Gasteiger charge is 2.18. The van der Waals surface area contributed by atoms with Gasteiger partial charge in [0.2, 0.25) is 5.91 Å². The molecule has 1 heterocycles. The number of hydrogen-bond acceptors (Lipinski definition) is 5. The van der Waals surface area contributed by atoms with Gasteiger partial charge in [-0.1, -0.05) is 35.5 Å². The van der Waals surface area contributed by atoms with Crippen molar-refractivity contribution in [2.75, 3.05) is 18.2 Å². The summed E-state index contributed by atoms with van der Waals surface area (Å²) in [6.45, 7) is 8.36. The van der Waals surface area contributed by atoms with E-state index in [-0.39, 0.29) is 11.7 Å². The Kier molecular flexibility index (Phi) is 7.18. The SMILES string of the molecule is C=CCn1c(SCC(=O)Nc2ccc(C)c(C)c2)nnc1-c1cc(Cl)ccc1OC. The molecule has 0 radical (unpaired) electrons. The van der Waals surface area contributed by atoms with Gasteiger partial charge in [-0.15, -0.1) is 16.8 Å². The van der Waals surface area contributed by atoms with Crippen LogP contribution >= 0.6 is 23.4 Å². The highest BCUT2D eigenvalue weighted by Crippen LogP contribution is 2.33. The van der Waals surface area contributed by atoms with E-state index < -0.39 is 0 Å². The summed E-state index contributed by atoms with van der Waals surface area (Å²) >= 11 is 7.48. The third-order valence-electron chi connectivity index (χ3n) is 4.55. The molecule has 3 rings (SSSR count). The van der Waals surface area contributed by atoms with Crippen LogP contribution in [0.1, 0.15) is 11.1 Å². The van der Waals surface area contributed by atoms with Crippen molar-refractivity contribution >= 4 is 35.0 Å². The Morgan fingerprint density at radius 3 is 2.73 bits per heavy atom. The third-order valence-corrected chi connectivity index (χ3v) is 5.76. The van der Waals surface area contributed by atoms with Crippen molar-refractivity contribution in [3.63, 3.8) is 0 Å². The highest BCUT2D eigenvalue weighted by atomic mass is 35.5. The molecule has 0 unspecified atom stereocenters. The van der Waals surface area contributed by atoms with Crippen LogP contribution in [0.2, 0.25) is 5.02 Å². The number of rotatable bonds is 8. The number of aryl methyl sites for hydroxylation is 2. The van der Waals surface area contributed by atoms with Gasteiger partial charge in [-0.3, -0.25) is 9.36 Å². The second-order valence-corrected chi connectivity index (χ2v) is 8.06. The summed E-state index contributed by atoms with van der Waals surface area (Å²) in [5.41, 5.74) is 3.82. The molecule has 6 nitrogen and oxygen atoms in total. The molecule has 0 aliphatic rings. The van der Waals surface area contributed by atoms with Crippen molar-refractivity contribution in [3.8, 4) is 17.1 Å². The van der Waals surface area contributed by atoms with Gasteiger partial charge in [-0.2, -0.15) is 0 Å². The number of thioether (sulfide) groups is 1. The lowest BCUT2D eigenvalue weighted by Gasteiger charge is -2.11. The average Bonchev–Trinajstić information content (AvgIpc) is 3.12. The maximum Gasteiger partial charge on any atom is 0.234 e. The van der Waals surface area contributed by atoms with E-state index in [1.54, 1.807) is 31.4 Å². The lowest BCUT2D eigenvalue weighted by atomic mass is 10.1. The van der Waals surface area contributed by atoms with E-state index in [2.05, 4.69) is 22.1 Å². The second kappa shape index (κ2) is 9.82. The standard InChI is InChI=1S/C22H23ClN4O2S/c1-5-10-27-21(18-12-16(23)7-9-19(18)29-4)25-26-22(27)30-13-20(28)24-17-8-6-14(2)15(3)11-17/h5-9,11-12H,1,10,13H2,2-4H3,(H,24,28). The third kappa shape index (κ3) is 5.04. The fourth-order valence-electron chi connectivity index (χ4n) is 2.89. The molecule has 0 atom stereocenters. The fourth-order valence-corrected chi connectivity index (χ4v) is 3.81. The molecule has 0 aliphatic carbocycles. The number of carbonyl (C=O) groups excluding carboxylic acids is 1. The van der Waals surface area contributed by atoms with Crippen molar-refractivity contribution < 1.29 is 9.53 Å². The molecule has 0 bridgehead atoms. The number of amides is 1. The van der Waals surface area contributed by atoms with Gasteiger partial charge in [0.05, 0.1) is 18.4 Å². The zero-order chi connectivity index (χ0) is 21.7. The molecule has 1 N–H and O–H groups in total. The number of benzene rings is 2. The minimum absolute atomic E-state index is 0.113. The van der Waals surface area contributed by atoms with Gasteiger partial charge in [0.1, 0.15) is 5.75 Å². The van der Waals surface area contributed by atoms with Crippen LogP contribution in [0, 0.1) is 13.8 Å². The number of anilines is 1. The maximum atomic E-state index is 12.4. The Labute approximate surface area is 185 Å². The Hall–Kier alpha value is -2.77. The van der Waals surface area contributed by atoms with E-state index in [1.807, 2.05) is 36.6 Å². The van der Waals surface area contributed by atoms with Crippen molar-refractivity contribution in [3.05, 3.63) is 65.2 Å². The summed E-state index contributed by atoms with van der Waals surface area (Å²) in [6.07, 6.45) is 1.75. The lowest BCUT2D eigenvalue weighted by molar-refractivity contribution is -0.113. The minimum Gasteiger partial charge on any atom is -0.496 e. The second-order valence-electron chi connectivity index (χ2n) is 6.69. The van der Waals surface area contributed by atoms with Gasteiger partial charge in [0, 0.05) is 17.3 Å². The fraction of sp³-hybridized carbons (Fsp3) is 0.227. The number of hydrogen-bond donors (Lipinski definition) is 1. The first-order valence-corrected chi connectivity index (χ1v) is 10.7. The number of ether oxygens (including phenoxy) is 1. The maximum absolute atomic E-state index is 12.4. The lowest BCUT2D eigenvalue weighted by Crippen LogP contribution is -2.15. The minimum atomic E-state index is -0.113. The predicted octanol–water partition coefficient (Wildman–Crippen LogP) is 5.14. The Morgan fingerprint density at radius 2 is 2.03 bits per heavy atom. The number of nitrogens with zero attached hydrogens (tertiary/aromatic N) is 3. The monoisotopic (exact) mass is 442 g/mol. The van der Waals surface area contributed by atoms with Crippen molar-refractivity contribution in [1.82, 2.24) is 14.8 Å². The number of halogens is 1. The Balaban J connectivity index is 1.78. The molecular weight excluding hydrogens is 420 g/mol. The molecule has 8 heteroatoms. The molecule has 1 amide bonds. The molecular formula is C22H23ClN4O2S. The van der Waals surface area contributed by atoms with Gasteiger partial charge >= 0.3 is 0 Å². The largest absolute Gasteiger partial charge is 0.496 e. The molecule has 0 aliphatic heterocycles. The Bertz CT molecular complexity index is 1080. The van der Waals surface area contributed by atoms with E-state index in [0.29, 0.717) is 28.3 Å². The van der Waals surface area contributed by atoms with Gasteiger partial charge in [-0.25, -0.2) is 0 Å². The smallest absolute Gasteiger partial charge is 0.234 e. The van der Waals surface area contributed by atoms with Crippen LogP contribution < -0.4 is 10.1 Å². The average molecular weight is 443 g/mol. The molecule has 0 saturated carbocycles. The first kappa shape index (κ1) is 21.9. The number of nitrogens with one attached hydrogen (secondary N) is 1. The van der Waals surface area contributed by atoms with Gasteiger partial charge in [0.25, 0.3) is 0 Å².